The minimum atomic E-state index is -0.480. The third-order valence-corrected chi connectivity index (χ3v) is 3.34. The van der Waals surface area contributed by atoms with E-state index in [1.54, 1.807) is 12.3 Å². The summed E-state index contributed by atoms with van der Waals surface area (Å²) in [4.78, 5) is 19.8. The van der Waals surface area contributed by atoms with E-state index >= 15 is 0 Å². The molecule has 1 fully saturated rings. The molecule has 1 spiro atoms. The van der Waals surface area contributed by atoms with Crippen molar-refractivity contribution in [2.75, 3.05) is 10.6 Å². The van der Waals surface area contributed by atoms with Crippen LogP contribution in [0.4, 0.5) is 11.8 Å². The number of nitrogens with one attached hydrogen (secondary N) is 2. The van der Waals surface area contributed by atoms with Gasteiger partial charge in [-0.25, -0.2) is 4.98 Å². The fraction of sp³-hybridized carbons (Fsp3) is 0.500. The van der Waals surface area contributed by atoms with Gasteiger partial charge in [-0.1, -0.05) is 0 Å². The highest BCUT2D eigenvalue weighted by molar-refractivity contribution is 5.80. The SMILES string of the molecule is NC(=O)C1CCCC12Nc1ccnc(n1)N2. The summed E-state index contributed by atoms with van der Waals surface area (Å²) >= 11 is 0. The number of anilines is 2. The smallest absolute Gasteiger partial charge is 0.226 e. The van der Waals surface area contributed by atoms with Crippen LogP contribution in [-0.4, -0.2) is 21.5 Å². The fourth-order valence-corrected chi connectivity index (χ4v) is 2.64. The number of primary amides is 1. The van der Waals surface area contributed by atoms with Gasteiger partial charge in [0.1, 0.15) is 11.5 Å². The third-order valence-electron chi connectivity index (χ3n) is 3.34. The van der Waals surface area contributed by atoms with Crippen molar-refractivity contribution < 1.29 is 4.79 Å². The lowest BCUT2D eigenvalue weighted by Crippen LogP contribution is -2.55. The molecule has 1 aromatic rings. The molecule has 4 N–H and O–H groups in total. The number of amides is 1. The van der Waals surface area contributed by atoms with Crippen LogP contribution in [0.2, 0.25) is 0 Å². The highest BCUT2D eigenvalue weighted by atomic mass is 16.1. The van der Waals surface area contributed by atoms with E-state index in [2.05, 4.69) is 20.6 Å². The molecule has 6 heteroatoms. The van der Waals surface area contributed by atoms with E-state index < -0.39 is 5.66 Å². The standard InChI is InChI=1S/C10H13N5O/c11-8(16)6-2-1-4-10(6)14-7-3-5-12-9(13-7)15-10/h3,5-6H,1-2,4H2,(H2,11,16)(H2,12,13,14,15). The number of nitrogens with zero attached hydrogens (tertiary/aromatic N) is 2. The highest BCUT2D eigenvalue weighted by Crippen LogP contribution is 2.40. The Bertz CT molecular complexity index is 425. The van der Waals surface area contributed by atoms with Gasteiger partial charge in [0.25, 0.3) is 0 Å². The lowest BCUT2D eigenvalue weighted by atomic mass is 9.94. The molecule has 16 heavy (non-hydrogen) atoms. The number of nitrogens with two attached hydrogens (primary N) is 1. The van der Waals surface area contributed by atoms with Crippen LogP contribution in [0.5, 0.6) is 0 Å². The number of hydrogen-bond acceptors (Lipinski definition) is 5. The van der Waals surface area contributed by atoms with Crippen LogP contribution >= 0.6 is 0 Å². The third kappa shape index (κ3) is 1.22. The van der Waals surface area contributed by atoms with Crippen molar-refractivity contribution in [3.05, 3.63) is 12.3 Å². The second-order valence-electron chi connectivity index (χ2n) is 4.33. The number of fused-ring (bicyclic) bond motifs is 2. The van der Waals surface area contributed by atoms with Crippen molar-refractivity contribution >= 4 is 17.7 Å². The first-order chi connectivity index (χ1) is 7.70. The average molecular weight is 219 g/mol. The molecule has 6 nitrogen and oxygen atoms in total. The molecule has 1 aliphatic heterocycles. The topological polar surface area (TPSA) is 92.9 Å². The van der Waals surface area contributed by atoms with E-state index in [0.717, 1.165) is 25.1 Å². The molecule has 2 bridgehead atoms. The van der Waals surface area contributed by atoms with E-state index in [9.17, 15) is 4.79 Å². The van der Waals surface area contributed by atoms with Crippen molar-refractivity contribution in [3.63, 3.8) is 0 Å². The van der Waals surface area contributed by atoms with Gasteiger partial charge >= 0.3 is 0 Å². The van der Waals surface area contributed by atoms with Crippen LogP contribution in [0.25, 0.3) is 0 Å². The quantitative estimate of drug-likeness (QED) is 0.631. The molecule has 1 amide bonds. The maximum Gasteiger partial charge on any atom is 0.226 e. The Hall–Kier alpha value is -1.85. The summed E-state index contributed by atoms with van der Waals surface area (Å²) in [5.74, 6) is 0.818. The van der Waals surface area contributed by atoms with Gasteiger partial charge in [-0.2, -0.15) is 4.98 Å². The molecule has 1 saturated carbocycles. The first-order valence-electron chi connectivity index (χ1n) is 5.38. The van der Waals surface area contributed by atoms with Gasteiger partial charge < -0.3 is 16.4 Å². The van der Waals surface area contributed by atoms with Crippen molar-refractivity contribution in [1.29, 1.82) is 0 Å². The molecule has 3 rings (SSSR count). The highest BCUT2D eigenvalue weighted by Gasteiger charge is 2.48. The summed E-state index contributed by atoms with van der Waals surface area (Å²) in [6, 6.07) is 1.79. The van der Waals surface area contributed by atoms with Crippen LogP contribution in [-0.2, 0) is 4.79 Å². The fourth-order valence-electron chi connectivity index (χ4n) is 2.64. The van der Waals surface area contributed by atoms with E-state index in [1.165, 1.54) is 0 Å². The van der Waals surface area contributed by atoms with Crippen molar-refractivity contribution in [1.82, 2.24) is 9.97 Å². The molecule has 2 aliphatic rings. The summed E-state index contributed by atoms with van der Waals surface area (Å²) in [6.07, 6.45) is 4.31. The largest absolute Gasteiger partial charge is 0.369 e. The molecular weight excluding hydrogens is 206 g/mol. The van der Waals surface area contributed by atoms with Gasteiger partial charge in [0.2, 0.25) is 11.9 Å². The zero-order valence-electron chi connectivity index (χ0n) is 8.73. The predicted molar refractivity (Wildman–Crippen MR) is 58.5 cm³/mol. The summed E-state index contributed by atoms with van der Waals surface area (Å²) in [5, 5.41) is 6.45. The van der Waals surface area contributed by atoms with Crippen LogP contribution in [0.1, 0.15) is 19.3 Å². The molecule has 0 radical (unpaired) electrons. The van der Waals surface area contributed by atoms with E-state index in [-0.39, 0.29) is 11.8 Å². The Morgan fingerprint density at radius 3 is 3.19 bits per heavy atom. The number of rotatable bonds is 1. The Balaban J connectivity index is 1.98. The molecule has 0 aromatic carbocycles. The first kappa shape index (κ1) is 9.38. The molecule has 1 aromatic heterocycles. The van der Waals surface area contributed by atoms with Gasteiger partial charge in [-0.3, -0.25) is 4.79 Å². The van der Waals surface area contributed by atoms with Gasteiger partial charge in [0.05, 0.1) is 5.92 Å². The molecule has 2 heterocycles. The zero-order valence-corrected chi connectivity index (χ0v) is 8.73. The second kappa shape index (κ2) is 3.07. The minimum absolute atomic E-state index is 0.213. The second-order valence-corrected chi connectivity index (χ2v) is 4.33. The number of carbonyl (C=O) groups excluding carboxylic acids is 1. The molecule has 2 unspecified atom stereocenters. The molecule has 2 atom stereocenters. The molecule has 1 aliphatic carbocycles. The number of aromatic nitrogens is 2. The molecule has 0 saturated heterocycles. The lowest BCUT2D eigenvalue weighted by molar-refractivity contribution is -0.122. The number of carbonyl (C=O) groups is 1. The number of hydrogen-bond donors (Lipinski definition) is 3. The average Bonchev–Trinajstić information content (AvgIpc) is 2.60. The predicted octanol–water partition coefficient (Wildman–Crippen LogP) is 0.296. The van der Waals surface area contributed by atoms with Crippen molar-refractivity contribution in [2.45, 2.75) is 24.9 Å². The normalized spacial score (nSPS) is 30.9. The minimum Gasteiger partial charge on any atom is -0.369 e. The van der Waals surface area contributed by atoms with E-state index in [1.807, 2.05) is 0 Å². The molecular formula is C10H13N5O. The lowest BCUT2D eigenvalue weighted by Gasteiger charge is -2.39. The van der Waals surface area contributed by atoms with Crippen LogP contribution < -0.4 is 16.4 Å². The summed E-state index contributed by atoms with van der Waals surface area (Å²) in [7, 11) is 0. The Morgan fingerprint density at radius 1 is 1.56 bits per heavy atom. The van der Waals surface area contributed by atoms with Gasteiger partial charge in [0.15, 0.2) is 0 Å². The summed E-state index contributed by atoms with van der Waals surface area (Å²) in [6.45, 7) is 0. The van der Waals surface area contributed by atoms with Crippen molar-refractivity contribution in [3.8, 4) is 0 Å². The Labute approximate surface area is 92.6 Å². The Morgan fingerprint density at radius 2 is 2.44 bits per heavy atom. The van der Waals surface area contributed by atoms with Gasteiger partial charge in [-0.15, -0.1) is 0 Å². The maximum absolute atomic E-state index is 11.4. The van der Waals surface area contributed by atoms with Crippen LogP contribution in [0, 0.1) is 5.92 Å². The van der Waals surface area contributed by atoms with Crippen LogP contribution in [0.3, 0.4) is 0 Å². The van der Waals surface area contributed by atoms with Crippen molar-refractivity contribution in [2.24, 2.45) is 11.7 Å². The summed E-state index contributed by atoms with van der Waals surface area (Å²) < 4.78 is 0. The summed E-state index contributed by atoms with van der Waals surface area (Å²) in [5.41, 5.74) is 4.96. The maximum atomic E-state index is 11.4. The zero-order chi connectivity index (χ0) is 11.2. The monoisotopic (exact) mass is 219 g/mol. The van der Waals surface area contributed by atoms with Gasteiger partial charge in [0, 0.05) is 6.20 Å². The van der Waals surface area contributed by atoms with E-state index in [4.69, 9.17) is 5.73 Å². The molecule has 84 valence electrons. The Kier molecular flexibility index (Phi) is 1.80. The van der Waals surface area contributed by atoms with Crippen LogP contribution in [0.15, 0.2) is 12.3 Å². The first-order valence-corrected chi connectivity index (χ1v) is 5.38. The van der Waals surface area contributed by atoms with E-state index in [0.29, 0.717) is 5.95 Å². The van der Waals surface area contributed by atoms with Gasteiger partial charge in [-0.05, 0) is 25.3 Å².